The Hall–Kier alpha value is -6.64. The van der Waals surface area contributed by atoms with Gasteiger partial charge in [0.05, 0.1) is 11.0 Å². The largest absolute Gasteiger partial charge is 0.456 e. The lowest BCUT2D eigenvalue weighted by atomic mass is 9.90. The Balaban J connectivity index is 1.06. The zero-order valence-corrected chi connectivity index (χ0v) is 27.1. The van der Waals surface area contributed by atoms with Crippen molar-refractivity contribution in [2.75, 3.05) is 0 Å². The maximum atomic E-state index is 6.37. The highest BCUT2D eigenvalue weighted by Crippen LogP contribution is 2.48. The van der Waals surface area contributed by atoms with Gasteiger partial charge < -0.3 is 9.30 Å². The van der Waals surface area contributed by atoms with Gasteiger partial charge in [0.15, 0.2) is 0 Å². The van der Waals surface area contributed by atoms with Gasteiger partial charge >= 0.3 is 0 Å². The number of hydrogen-bond donors (Lipinski definition) is 0. The second-order valence-corrected chi connectivity index (χ2v) is 13.3. The van der Waals surface area contributed by atoms with Crippen LogP contribution in [0.15, 0.2) is 176 Å². The highest BCUT2D eigenvalue weighted by atomic mass is 16.5. The maximum absolute atomic E-state index is 6.37. The van der Waals surface area contributed by atoms with E-state index in [1.54, 1.807) is 0 Å². The SMILES string of the molecule is c1cc(-c2ccc(-n3c4c5ccccc5ccc4c4ccc5ccccc5c43)cc2)cc(-c2ccc3c4c(cccc24)-c2ccccc2O3)c1. The van der Waals surface area contributed by atoms with E-state index in [1.807, 2.05) is 12.1 Å². The minimum absolute atomic E-state index is 0.910. The molecule has 0 unspecified atom stereocenters. The van der Waals surface area contributed by atoms with E-state index < -0.39 is 0 Å². The molecule has 0 saturated carbocycles. The van der Waals surface area contributed by atoms with Crippen molar-refractivity contribution in [3.05, 3.63) is 176 Å². The summed E-state index contributed by atoms with van der Waals surface area (Å²) in [5.74, 6) is 1.82. The molecule has 1 aliphatic heterocycles. The zero-order valence-electron chi connectivity index (χ0n) is 27.1. The molecule has 0 aliphatic carbocycles. The van der Waals surface area contributed by atoms with E-state index in [0.29, 0.717) is 0 Å². The van der Waals surface area contributed by atoms with Gasteiger partial charge in [-0.25, -0.2) is 0 Å². The molecule has 11 rings (SSSR count). The van der Waals surface area contributed by atoms with E-state index >= 15 is 0 Å². The number of hydrogen-bond acceptors (Lipinski definition) is 1. The van der Waals surface area contributed by atoms with Crippen LogP contribution in [0.5, 0.6) is 11.5 Å². The van der Waals surface area contributed by atoms with Crippen LogP contribution in [0, 0.1) is 0 Å². The first-order valence-corrected chi connectivity index (χ1v) is 17.2. The minimum atomic E-state index is 0.910. The normalized spacial score (nSPS) is 12.2. The lowest BCUT2D eigenvalue weighted by molar-refractivity contribution is 0.487. The standard InChI is InChI=1S/C48H29NO/c1-3-13-37-31(9-1)21-25-42-43-26-22-32-10-2-4-14-38(32)48(43)49(47(37)42)35-23-19-30(20-24-35)33-11-7-12-34(29-33)36-27-28-45-46-40(36)16-8-17-41(46)39-15-5-6-18-44(39)50-45/h1-29H. The molecule has 232 valence electrons. The molecule has 10 aromatic rings. The van der Waals surface area contributed by atoms with Crippen molar-refractivity contribution in [2.45, 2.75) is 0 Å². The molecule has 1 aromatic heterocycles. The molecule has 0 spiro atoms. The Morgan fingerprint density at radius 2 is 0.960 bits per heavy atom. The summed E-state index contributed by atoms with van der Waals surface area (Å²) in [6, 6.07) is 63.8. The van der Waals surface area contributed by atoms with E-state index in [0.717, 1.165) is 22.7 Å². The Bertz CT molecular complexity index is 2910. The summed E-state index contributed by atoms with van der Waals surface area (Å²) >= 11 is 0. The summed E-state index contributed by atoms with van der Waals surface area (Å²) in [6.45, 7) is 0. The van der Waals surface area contributed by atoms with Crippen molar-refractivity contribution in [2.24, 2.45) is 0 Å². The molecule has 2 heterocycles. The van der Waals surface area contributed by atoms with Crippen LogP contribution in [-0.2, 0) is 0 Å². The van der Waals surface area contributed by atoms with Gasteiger partial charge in [-0.2, -0.15) is 0 Å². The third-order valence-electron chi connectivity index (χ3n) is 10.6. The van der Waals surface area contributed by atoms with Gasteiger partial charge in [0.1, 0.15) is 11.5 Å². The average molecular weight is 636 g/mol. The summed E-state index contributed by atoms with van der Waals surface area (Å²) < 4.78 is 8.85. The van der Waals surface area contributed by atoms with Gasteiger partial charge in [0, 0.05) is 38.2 Å². The van der Waals surface area contributed by atoms with Crippen molar-refractivity contribution >= 4 is 54.1 Å². The molecule has 2 heteroatoms. The van der Waals surface area contributed by atoms with E-state index in [-0.39, 0.29) is 0 Å². The number of nitrogens with zero attached hydrogens (tertiary/aromatic N) is 1. The van der Waals surface area contributed by atoms with Crippen molar-refractivity contribution < 1.29 is 4.74 Å². The number of aromatic nitrogens is 1. The van der Waals surface area contributed by atoms with Crippen molar-refractivity contribution in [3.8, 4) is 50.6 Å². The van der Waals surface area contributed by atoms with Crippen molar-refractivity contribution in [1.82, 2.24) is 4.57 Å². The highest BCUT2D eigenvalue weighted by Gasteiger charge is 2.22. The second-order valence-electron chi connectivity index (χ2n) is 13.3. The number of fused-ring (bicyclic) bond motifs is 9. The van der Waals surface area contributed by atoms with Crippen LogP contribution in [0.25, 0.3) is 93.2 Å². The van der Waals surface area contributed by atoms with E-state index in [9.17, 15) is 0 Å². The fraction of sp³-hybridized carbons (Fsp3) is 0. The first-order chi connectivity index (χ1) is 24.8. The van der Waals surface area contributed by atoms with E-state index in [1.165, 1.54) is 81.9 Å². The van der Waals surface area contributed by atoms with Crippen molar-refractivity contribution in [3.63, 3.8) is 0 Å². The van der Waals surface area contributed by atoms with Crippen LogP contribution in [0.4, 0.5) is 0 Å². The summed E-state index contributed by atoms with van der Waals surface area (Å²) in [5, 5.41) is 9.94. The lowest BCUT2D eigenvalue weighted by Crippen LogP contribution is -1.97. The quantitative estimate of drug-likeness (QED) is 0.188. The molecule has 0 amide bonds. The number of rotatable bonds is 3. The molecule has 0 fully saturated rings. The monoisotopic (exact) mass is 635 g/mol. The fourth-order valence-electron chi connectivity index (χ4n) is 8.30. The topological polar surface area (TPSA) is 14.2 Å². The molecular weight excluding hydrogens is 607 g/mol. The number of ether oxygens (including phenoxy) is 1. The molecule has 2 nitrogen and oxygen atoms in total. The van der Waals surface area contributed by atoms with E-state index in [4.69, 9.17) is 4.74 Å². The number of benzene rings is 9. The van der Waals surface area contributed by atoms with Gasteiger partial charge in [-0.1, -0.05) is 146 Å². The van der Waals surface area contributed by atoms with Crippen LogP contribution < -0.4 is 4.74 Å². The Morgan fingerprint density at radius 1 is 0.340 bits per heavy atom. The summed E-state index contributed by atoms with van der Waals surface area (Å²) in [4.78, 5) is 0. The Kier molecular flexibility index (Phi) is 5.70. The van der Waals surface area contributed by atoms with Gasteiger partial charge in [-0.05, 0) is 74.3 Å². The average Bonchev–Trinajstić information content (AvgIpc) is 3.54. The molecular formula is C48H29NO. The van der Waals surface area contributed by atoms with Gasteiger partial charge in [0.2, 0.25) is 0 Å². The fourth-order valence-corrected chi connectivity index (χ4v) is 8.30. The van der Waals surface area contributed by atoms with Crippen LogP contribution in [0.2, 0.25) is 0 Å². The van der Waals surface area contributed by atoms with Crippen LogP contribution in [-0.4, -0.2) is 4.57 Å². The maximum Gasteiger partial charge on any atom is 0.135 e. The summed E-state index contributed by atoms with van der Waals surface area (Å²) in [6.07, 6.45) is 0. The molecule has 0 bridgehead atoms. The summed E-state index contributed by atoms with van der Waals surface area (Å²) in [7, 11) is 0. The molecule has 0 radical (unpaired) electrons. The third kappa shape index (κ3) is 3.90. The molecule has 1 aliphatic rings. The molecule has 0 atom stereocenters. The lowest BCUT2D eigenvalue weighted by Gasteiger charge is -2.22. The number of para-hydroxylation sites is 1. The molecule has 9 aromatic carbocycles. The molecule has 50 heavy (non-hydrogen) atoms. The zero-order chi connectivity index (χ0) is 32.8. The molecule has 0 saturated heterocycles. The highest BCUT2D eigenvalue weighted by molar-refractivity contribution is 6.23. The van der Waals surface area contributed by atoms with Crippen LogP contribution in [0.1, 0.15) is 0 Å². The first-order valence-electron chi connectivity index (χ1n) is 17.2. The molecule has 0 N–H and O–H groups in total. The summed E-state index contributed by atoms with van der Waals surface area (Å²) in [5.41, 5.74) is 10.8. The predicted molar refractivity (Wildman–Crippen MR) is 210 cm³/mol. The smallest absolute Gasteiger partial charge is 0.135 e. The predicted octanol–water partition coefficient (Wildman–Crippen LogP) is 13.3. The van der Waals surface area contributed by atoms with Crippen molar-refractivity contribution in [1.29, 1.82) is 0 Å². The van der Waals surface area contributed by atoms with Gasteiger partial charge in [-0.15, -0.1) is 0 Å². The Morgan fingerprint density at radius 3 is 1.72 bits per heavy atom. The Labute approximate surface area is 289 Å². The van der Waals surface area contributed by atoms with Gasteiger partial charge in [-0.3, -0.25) is 0 Å². The van der Waals surface area contributed by atoms with Crippen LogP contribution >= 0.6 is 0 Å². The van der Waals surface area contributed by atoms with Crippen LogP contribution in [0.3, 0.4) is 0 Å². The first kappa shape index (κ1) is 27.3. The van der Waals surface area contributed by atoms with E-state index in [2.05, 4.69) is 168 Å². The second kappa shape index (κ2) is 10.4. The minimum Gasteiger partial charge on any atom is -0.456 e. The van der Waals surface area contributed by atoms with Gasteiger partial charge in [0.25, 0.3) is 0 Å². The third-order valence-corrected chi connectivity index (χ3v) is 10.6.